The predicted molar refractivity (Wildman–Crippen MR) is 57.6 cm³/mol. The van der Waals surface area contributed by atoms with E-state index in [0.29, 0.717) is 5.92 Å². The zero-order valence-corrected chi connectivity index (χ0v) is 9.50. The Labute approximate surface area is 87.0 Å². The van der Waals surface area contributed by atoms with Crippen LogP contribution in [-0.4, -0.2) is 35.5 Å². The minimum absolute atomic E-state index is 0.0737. The summed E-state index contributed by atoms with van der Waals surface area (Å²) in [7, 11) is 1.69. The average Bonchev–Trinajstić information content (AvgIpc) is 2.17. The van der Waals surface area contributed by atoms with Gasteiger partial charge in [-0.15, -0.1) is 0 Å². The van der Waals surface area contributed by atoms with Gasteiger partial charge in [-0.25, -0.2) is 4.79 Å². The van der Waals surface area contributed by atoms with Crippen LogP contribution in [0.1, 0.15) is 12.8 Å². The van der Waals surface area contributed by atoms with Crippen LogP contribution < -0.4 is 5.32 Å². The van der Waals surface area contributed by atoms with Gasteiger partial charge in [0.2, 0.25) is 0 Å². The van der Waals surface area contributed by atoms with Gasteiger partial charge in [-0.3, -0.25) is 0 Å². The first kappa shape index (κ1) is 10.1. The molecule has 1 aliphatic rings. The first-order chi connectivity index (χ1) is 5.77. The van der Waals surface area contributed by atoms with Gasteiger partial charge in [0.25, 0.3) is 0 Å². The third-order valence-corrected chi connectivity index (χ3v) is 3.48. The highest BCUT2D eigenvalue weighted by Gasteiger charge is 2.21. The number of halogens is 1. The fraction of sp³-hybridized carbons (Fsp3) is 0.875. The molecule has 0 aliphatic carbocycles. The molecule has 1 saturated heterocycles. The van der Waals surface area contributed by atoms with Crippen LogP contribution in [0.25, 0.3) is 0 Å². The zero-order chi connectivity index (χ0) is 8.97. The second-order valence-electron chi connectivity index (χ2n) is 3.16. The summed E-state index contributed by atoms with van der Waals surface area (Å²) in [5, 5.41) is 2.66. The highest BCUT2D eigenvalue weighted by atomic mass is 127. The summed E-state index contributed by atoms with van der Waals surface area (Å²) in [6.45, 7) is 1.86. The molecule has 1 fully saturated rings. The van der Waals surface area contributed by atoms with E-state index in [1.54, 1.807) is 7.05 Å². The number of piperidine rings is 1. The molecule has 0 aromatic rings. The van der Waals surface area contributed by atoms with E-state index < -0.39 is 0 Å². The quantitative estimate of drug-likeness (QED) is 0.573. The van der Waals surface area contributed by atoms with Crippen LogP contribution in [0.4, 0.5) is 4.79 Å². The van der Waals surface area contributed by atoms with Crippen LogP contribution in [0.3, 0.4) is 0 Å². The van der Waals surface area contributed by atoms with Crippen LogP contribution in [0.5, 0.6) is 0 Å². The van der Waals surface area contributed by atoms with Gasteiger partial charge in [0, 0.05) is 24.6 Å². The topological polar surface area (TPSA) is 32.3 Å². The lowest BCUT2D eigenvalue weighted by Crippen LogP contribution is -2.44. The Morgan fingerprint density at radius 2 is 2.50 bits per heavy atom. The molecule has 0 aromatic heterocycles. The smallest absolute Gasteiger partial charge is 0.317 e. The van der Waals surface area contributed by atoms with E-state index >= 15 is 0 Å². The summed E-state index contributed by atoms with van der Waals surface area (Å²) in [5.41, 5.74) is 0. The van der Waals surface area contributed by atoms with Crippen molar-refractivity contribution < 1.29 is 4.79 Å². The number of hydrogen-bond acceptors (Lipinski definition) is 1. The van der Waals surface area contributed by atoms with Gasteiger partial charge >= 0.3 is 6.03 Å². The second kappa shape index (κ2) is 4.89. The number of carbonyl (C=O) groups is 1. The van der Waals surface area contributed by atoms with Crippen LogP contribution >= 0.6 is 22.6 Å². The molecule has 1 atom stereocenters. The molecule has 4 heteroatoms. The van der Waals surface area contributed by atoms with Gasteiger partial charge in [0.05, 0.1) is 0 Å². The minimum Gasteiger partial charge on any atom is -0.341 e. The Morgan fingerprint density at radius 1 is 1.75 bits per heavy atom. The average molecular weight is 282 g/mol. The molecule has 70 valence electrons. The van der Waals surface area contributed by atoms with Crippen molar-refractivity contribution in [2.24, 2.45) is 5.92 Å². The van der Waals surface area contributed by atoms with Crippen LogP contribution in [0.15, 0.2) is 0 Å². The molecule has 1 N–H and O–H groups in total. The Kier molecular flexibility index (Phi) is 4.11. The Bertz CT molecular complexity index is 163. The molecule has 12 heavy (non-hydrogen) atoms. The largest absolute Gasteiger partial charge is 0.341 e. The van der Waals surface area contributed by atoms with E-state index in [0.717, 1.165) is 23.9 Å². The fourth-order valence-corrected chi connectivity index (χ4v) is 2.25. The third kappa shape index (κ3) is 2.50. The summed E-state index contributed by atoms with van der Waals surface area (Å²) >= 11 is 2.39. The van der Waals surface area contributed by atoms with Crippen molar-refractivity contribution in [1.29, 1.82) is 0 Å². The predicted octanol–water partition coefficient (Wildman–Crippen LogP) is 1.47. The third-order valence-electron chi connectivity index (χ3n) is 2.24. The Morgan fingerprint density at radius 3 is 3.08 bits per heavy atom. The van der Waals surface area contributed by atoms with E-state index in [-0.39, 0.29) is 6.03 Å². The first-order valence-electron chi connectivity index (χ1n) is 4.30. The molecule has 0 bridgehead atoms. The molecule has 1 aliphatic heterocycles. The molecular formula is C8H15IN2O. The summed E-state index contributed by atoms with van der Waals surface area (Å²) in [4.78, 5) is 13.2. The van der Waals surface area contributed by atoms with Crippen molar-refractivity contribution >= 4 is 28.6 Å². The molecule has 1 rings (SSSR count). The summed E-state index contributed by atoms with van der Waals surface area (Å²) in [6.07, 6.45) is 2.43. The number of likely N-dealkylation sites (tertiary alicyclic amines) is 1. The molecule has 0 saturated carbocycles. The number of amides is 2. The first-order valence-corrected chi connectivity index (χ1v) is 5.83. The van der Waals surface area contributed by atoms with Gasteiger partial charge in [-0.2, -0.15) is 0 Å². The standard InChI is InChI=1S/C8H15IN2O/c1-10-8(12)11-4-2-3-7(5-9)6-11/h7H,2-6H2,1H3,(H,10,12). The Balaban J connectivity index is 2.40. The molecule has 2 amide bonds. The maximum atomic E-state index is 11.2. The fourth-order valence-electron chi connectivity index (χ4n) is 1.53. The minimum atomic E-state index is 0.0737. The van der Waals surface area contributed by atoms with E-state index in [2.05, 4.69) is 27.9 Å². The van der Waals surface area contributed by atoms with Gasteiger partial charge in [0.1, 0.15) is 0 Å². The van der Waals surface area contributed by atoms with Gasteiger partial charge in [0.15, 0.2) is 0 Å². The number of nitrogens with zero attached hydrogens (tertiary/aromatic N) is 1. The zero-order valence-electron chi connectivity index (χ0n) is 7.35. The highest BCUT2D eigenvalue weighted by molar-refractivity contribution is 14.1. The SMILES string of the molecule is CNC(=O)N1CCCC(CI)C1. The number of carbonyl (C=O) groups excluding carboxylic acids is 1. The number of urea groups is 1. The van der Waals surface area contributed by atoms with E-state index in [1.807, 2.05) is 4.90 Å². The molecule has 1 unspecified atom stereocenters. The Hall–Kier alpha value is 0. The van der Waals surface area contributed by atoms with Gasteiger partial charge in [-0.05, 0) is 18.8 Å². The summed E-state index contributed by atoms with van der Waals surface area (Å²) in [6, 6.07) is 0.0737. The normalized spacial score (nSPS) is 23.8. The number of rotatable bonds is 1. The number of alkyl halides is 1. The molecule has 3 nitrogen and oxygen atoms in total. The van der Waals surface area contributed by atoms with Gasteiger partial charge < -0.3 is 10.2 Å². The molecular weight excluding hydrogens is 267 g/mol. The highest BCUT2D eigenvalue weighted by Crippen LogP contribution is 2.18. The van der Waals surface area contributed by atoms with E-state index in [1.165, 1.54) is 6.42 Å². The lowest BCUT2D eigenvalue weighted by Gasteiger charge is -2.31. The van der Waals surface area contributed by atoms with Gasteiger partial charge in [-0.1, -0.05) is 22.6 Å². The summed E-state index contributed by atoms with van der Waals surface area (Å²) < 4.78 is 1.16. The molecule has 0 spiro atoms. The summed E-state index contributed by atoms with van der Waals surface area (Å²) in [5.74, 6) is 0.705. The molecule has 0 aromatic carbocycles. The maximum absolute atomic E-state index is 11.2. The van der Waals surface area contributed by atoms with Crippen molar-refractivity contribution in [3.63, 3.8) is 0 Å². The van der Waals surface area contributed by atoms with Crippen molar-refractivity contribution in [2.45, 2.75) is 12.8 Å². The second-order valence-corrected chi connectivity index (χ2v) is 4.04. The van der Waals surface area contributed by atoms with E-state index in [9.17, 15) is 4.79 Å². The van der Waals surface area contributed by atoms with Crippen molar-refractivity contribution in [3.05, 3.63) is 0 Å². The molecule has 0 radical (unpaired) electrons. The monoisotopic (exact) mass is 282 g/mol. The lowest BCUT2D eigenvalue weighted by molar-refractivity contribution is 0.173. The van der Waals surface area contributed by atoms with Crippen LogP contribution in [0, 0.1) is 5.92 Å². The van der Waals surface area contributed by atoms with Crippen molar-refractivity contribution in [3.8, 4) is 0 Å². The van der Waals surface area contributed by atoms with E-state index in [4.69, 9.17) is 0 Å². The van der Waals surface area contributed by atoms with Crippen molar-refractivity contribution in [2.75, 3.05) is 24.6 Å². The maximum Gasteiger partial charge on any atom is 0.317 e. The number of nitrogens with one attached hydrogen (secondary N) is 1. The van der Waals surface area contributed by atoms with Crippen LogP contribution in [0.2, 0.25) is 0 Å². The lowest BCUT2D eigenvalue weighted by atomic mass is 10.0. The van der Waals surface area contributed by atoms with Crippen molar-refractivity contribution in [1.82, 2.24) is 10.2 Å². The number of hydrogen-bond donors (Lipinski definition) is 1. The van der Waals surface area contributed by atoms with Crippen LogP contribution in [-0.2, 0) is 0 Å². The molecule has 1 heterocycles.